The van der Waals surface area contributed by atoms with Gasteiger partial charge in [0, 0.05) is 21.2 Å². The summed E-state index contributed by atoms with van der Waals surface area (Å²) in [5, 5.41) is 0.883. The minimum absolute atomic E-state index is 0.0923. The Morgan fingerprint density at radius 1 is 1.04 bits per heavy atom. The molecule has 0 spiro atoms. The maximum absolute atomic E-state index is 12.1. The predicted octanol–water partition coefficient (Wildman–Crippen LogP) is 3.80. The van der Waals surface area contributed by atoms with Crippen LogP contribution in [0.2, 0.25) is 10.0 Å². The Labute approximate surface area is 144 Å². The third-order valence-corrected chi connectivity index (χ3v) is 5.21. The smallest absolute Gasteiger partial charge is 0.240 e. The van der Waals surface area contributed by atoms with Crippen molar-refractivity contribution in [2.75, 3.05) is 7.05 Å². The summed E-state index contributed by atoms with van der Waals surface area (Å²) in [7, 11) is -2.20. The topological polar surface area (TPSA) is 63.2 Å². The number of nitrogens with one attached hydrogen (secondary N) is 1. The van der Waals surface area contributed by atoms with Crippen molar-refractivity contribution in [1.29, 1.82) is 0 Å². The molecule has 0 aliphatic carbocycles. The number of sulfonamides is 1. The Kier molecular flexibility index (Phi) is 5.59. The van der Waals surface area contributed by atoms with E-state index in [2.05, 4.69) is 4.72 Å². The fraction of sp³-hybridized carbons (Fsp3) is 0.0625. The van der Waals surface area contributed by atoms with Crippen LogP contribution < -0.4 is 4.72 Å². The number of carbonyl (C=O) groups excluding carboxylic acids is 1. The first-order valence-electron chi connectivity index (χ1n) is 6.55. The standard InChI is InChI=1S/C16H13Cl2NO3S/c1-19-23(21,22)12-7-5-11(6-8-12)16(20)10-9-13-14(17)3-2-4-15(13)18/h2-10,19H,1H3/b10-9+. The lowest BCUT2D eigenvalue weighted by Crippen LogP contribution is -2.18. The van der Waals surface area contributed by atoms with E-state index in [1.165, 1.54) is 43.5 Å². The first kappa shape index (κ1) is 17.7. The van der Waals surface area contributed by atoms with Gasteiger partial charge in [-0.15, -0.1) is 0 Å². The van der Waals surface area contributed by atoms with Crippen molar-refractivity contribution in [3.8, 4) is 0 Å². The Hall–Kier alpha value is -1.66. The second-order valence-electron chi connectivity index (χ2n) is 4.56. The van der Waals surface area contributed by atoms with Crippen LogP contribution >= 0.6 is 23.2 Å². The van der Waals surface area contributed by atoms with Gasteiger partial charge in [-0.05, 0) is 55.6 Å². The van der Waals surface area contributed by atoms with Gasteiger partial charge in [-0.2, -0.15) is 0 Å². The third-order valence-electron chi connectivity index (χ3n) is 3.12. The molecule has 0 aliphatic rings. The number of carbonyl (C=O) groups is 1. The van der Waals surface area contributed by atoms with Crippen LogP contribution in [0.1, 0.15) is 15.9 Å². The number of hydrogen-bond donors (Lipinski definition) is 1. The summed E-state index contributed by atoms with van der Waals surface area (Å²) in [6.45, 7) is 0. The molecule has 0 bridgehead atoms. The van der Waals surface area contributed by atoms with E-state index in [-0.39, 0.29) is 10.7 Å². The molecule has 2 aromatic carbocycles. The van der Waals surface area contributed by atoms with Gasteiger partial charge in [0.15, 0.2) is 5.78 Å². The molecule has 0 aliphatic heterocycles. The highest BCUT2D eigenvalue weighted by atomic mass is 35.5. The van der Waals surface area contributed by atoms with Crippen molar-refractivity contribution in [2.45, 2.75) is 4.90 Å². The molecule has 0 saturated carbocycles. The SMILES string of the molecule is CNS(=O)(=O)c1ccc(C(=O)/C=C/c2c(Cl)cccc2Cl)cc1. The zero-order valence-electron chi connectivity index (χ0n) is 12.1. The van der Waals surface area contributed by atoms with E-state index in [4.69, 9.17) is 23.2 Å². The average molecular weight is 370 g/mol. The quantitative estimate of drug-likeness (QED) is 0.643. The zero-order valence-corrected chi connectivity index (χ0v) is 14.4. The van der Waals surface area contributed by atoms with Gasteiger partial charge in [0.2, 0.25) is 10.0 Å². The molecule has 0 saturated heterocycles. The molecule has 0 fully saturated rings. The van der Waals surface area contributed by atoms with Crippen LogP contribution in [-0.4, -0.2) is 21.2 Å². The highest BCUT2D eigenvalue weighted by molar-refractivity contribution is 7.89. The summed E-state index contributed by atoms with van der Waals surface area (Å²) in [6.07, 6.45) is 2.87. The molecule has 2 aromatic rings. The minimum atomic E-state index is -3.52. The fourth-order valence-electron chi connectivity index (χ4n) is 1.84. The van der Waals surface area contributed by atoms with Crippen molar-refractivity contribution in [3.63, 3.8) is 0 Å². The monoisotopic (exact) mass is 369 g/mol. The van der Waals surface area contributed by atoms with Crippen molar-refractivity contribution < 1.29 is 13.2 Å². The summed E-state index contributed by atoms with van der Waals surface area (Å²) in [4.78, 5) is 12.2. The first-order valence-corrected chi connectivity index (χ1v) is 8.79. The molecule has 4 nitrogen and oxygen atoms in total. The molecule has 0 unspecified atom stereocenters. The molecule has 0 heterocycles. The lowest BCUT2D eigenvalue weighted by atomic mass is 10.1. The molecule has 7 heteroatoms. The number of hydrogen-bond acceptors (Lipinski definition) is 3. The van der Waals surface area contributed by atoms with Gasteiger partial charge in [0.1, 0.15) is 0 Å². The van der Waals surface area contributed by atoms with Crippen LogP contribution in [0.25, 0.3) is 6.08 Å². The van der Waals surface area contributed by atoms with E-state index in [1.807, 2.05) is 0 Å². The predicted molar refractivity (Wildman–Crippen MR) is 92.5 cm³/mol. The Morgan fingerprint density at radius 2 is 1.61 bits per heavy atom. The summed E-state index contributed by atoms with van der Waals surface area (Å²) >= 11 is 12.1. The largest absolute Gasteiger partial charge is 0.289 e. The minimum Gasteiger partial charge on any atom is -0.289 e. The van der Waals surface area contributed by atoms with Crippen molar-refractivity contribution in [1.82, 2.24) is 4.72 Å². The van der Waals surface area contributed by atoms with E-state index in [0.29, 0.717) is 21.2 Å². The number of ketones is 1. The van der Waals surface area contributed by atoms with Gasteiger partial charge in [-0.25, -0.2) is 13.1 Å². The van der Waals surface area contributed by atoms with E-state index < -0.39 is 10.0 Å². The molecule has 0 radical (unpaired) electrons. The van der Waals surface area contributed by atoms with Gasteiger partial charge < -0.3 is 0 Å². The number of benzene rings is 2. The van der Waals surface area contributed by atoms with Crippen LogP contribution in [0.5, 0.6) is 0 Å². The molecule has 120 valence electrons. The van der Waals surface area contributed by atoms with Crippen LogP contribution in [0.3, 0.4) is 0 Å². The number of allylic oxidation sites excluding steroid dienone is 1. The summed E-state index contributed by atoms with van der Waals surface area (Å²) in [6, 6.07) is 10.7. The molecule has 23 heavy (non-hydrogen) atoms. The second kappa shape index (κ2) is 7.27. The van der Waals surface area contributed by atoms with Gasteiger partial charge in [-0.1, -0.05) is 29.3 Å². The van der Waals surface area contributed by atoms with Gasteiger partial charge >= 0.3 is 0 Å². The molecule has 0 aromatic heterocycles. The van der Waals surface area contributed by atoms with E-state index >= 15 is 0 Å². The zero-order chi connectivity index (χ0) is 17.0. The summed E-state index contributed by atoms with van der Waals surface area (Å²) < 4.78 is 25.5. The van der Waals surface area contributed by atoms with E-state index in [9.17, 15) is 13.2 Å². The highest BCUT2D eigenvalue weighted by Gasteiger charge is 2.12. The summed E-state index contributed by atoms with van der Waals surface area (Å²) in [5.41, 5.74) is 0.915. The molecular formula is C16H13Cl2NO3S. The maximum atomic E-state index is 12.1. The average Bonchev–Trinajstić information content (AvgIpc) is 2.54. The van der Waals surface area contributed by atoms with Gasteiger partial charge in [0.05, 0.1) is 4.90 Å². The maximum Gasteiger partial charge on any atom is 0.240 e. The Bertz CT molecular complexity index is 839. The summed E-state index contributed by atoms with van der Waals surface area (Å²) in [5.74, 6) is -0.283. The highest BCUT2D eigenvalue weighted by Crippen LogP contribution is 2.25. The van der Waals surface area contributed by atoms with Crippen LogP contribution in [-0.2, 0) is 10.0 Å². The second-order valence-corrected chi connectivity index (χ2v) is 7.27. The molecule has 2 rings (SSSR count). The van der Waals surface area contributed by atoms with Crippen molar-refractivity contribution >= 4 is 45.1 Å². The normalized spacial score (nSPS) is 11.8. The third kappa shape index (κ3) is 4.20. The molecule has 0 amide bonds. The Morgan fingerprint density at radius 3 is 2.13 bits per heavy atom. The van der Waals surface area contributed by atoms with Crippen molar-refractivity contribution in [3.05, 3.63) is 69.7 Å². The molecule has 0 atom stereocenters. The lowest BCUT2D eigenvalue weighted by molar-refractivity contribution is 0.104. The first-order chi connectivity index (χ1) is 10.8. The molecular weight excluding hydrogens is 357 g/mol. The Balaban J connectivity index is 2.23. The van der Waals surface area contributed by atoms with E-state index in [0.717, 1.165) is 0 Å². The van der Waals surface area contributed by atoms with Crippen LogP contribution in [0.15, 0.2) is 53.4 Å². The number of halogens is 2. The van der Waals surface area contributed by atoms with Crippen LogP contribution in [0, 0.1) is 0 Å². The molecule has 1 N–H and O–H groups in total. The van der Waals surface area contributed by atoms with Crippen molar-refractivity contribution in [2.24, 2.45) is 0 Å². The van der Waals surface area contributed by atoms with E-state index in [1.54, 1.807) is 18.2 Å². The fourth-order valence-corrected chi connectivity index (χ4v) is 3.09. The van der Waals surface area contributed by atoms with Gasteiger partial charge in [-0.3, -0.25) is 4.79 Å². The number of rotatable bonds is 5. The lowest BCUT2D eigenvalue weighted by Gasteiger charge is -2.03. The van der Waals surface area contributed by atoms with Gasteiger partial charge in [0.25, 0.3) is 0 Å². The van der Waals surface area contributed by atoms with Crippen LogP contribution in [0.4, 0.5) is 0 Å².